The molecule has 1 aliphatic heterocycles. The highest BCUT2D eigenvalue weighted by Crippen LogP contribution is 2.03. The zero-order valence-corrected chi connectivity index (χ0v) is 9.69. The minimum absolute atomic E-state index is 0.615. The molecule has 14 heavy (non-hydrogen) atoms. The van der Waals surface area contributed by atoms with E-state index in [9.17, 15) is 4.79 Å². The van der Waals surface area contributed by atoms with Gasteiger partial charge in [-0.1, -0.05) is 0 Å². The largest absolute Gasteiger partial charge is 0.388 e. The molecule has 0 aromatic carbocycles. The number of nitrogens with zero attached hydrogens (tertiary/aromatic N) is 2. The van der Waals surface area contributed by atoms with Crippen LogP contribution in [-0.4, -0.2) is 62.7 Å². The fraction of sp³-hybridized carbons (Fsp3) is 0.900. The maximum absolute atomic E-state index is 10.3. The highest BCUT2D eigenvalue weighted by molar-refractivity contribution is 5.47. The molecule has 84 valence electrons. The smallest absolute Gasteiger partial charge is 0.209 e. The summed E-state index contributed by atoms with van der Waals surface area (Å²) in [5.41, 5.74) is 0. The lowest BCUT2D eigenvalue weighted by Crippen LogP contribution is -2.48. The number of carbonyl (C=O) groups is 1. The van der Waals surface area contributed by atoms with Gasteiger partial charge in [0, 0.05) is 46.4 Å². The summed E-state index contributed by atoms with van der Waals surface area (Å²) in [5, 5.41) is 0. The van der Waals surface area contributed by atoms with Gasteiger partial charge in [-0.05, 0) is 13.8 Å². The van der Waals surface area contributed by atoms with Gasteiger partial charge in [-0.25, -0.2) is 0 Å². The van der Waals surface area contributed by atoms with E-state index < -0.39 is 0 Å². The van der Waals surface area contributed by atoms with E-state index in [1.54, 1.807) is 14.2 Å². The summed E-state index contributed by atoms with van der Waals surface area (Å²) < 4.78 is 4.25. The predicted octanol–water partition coefficient (Wildman–Crippen LogP) is 0.431. The van der Waals surface area contributed by atoms with Gasteiger partial charge in [0.1, 0.15) is 0 Å². The summed E-state index contributed by atoms with van der Waals surface area (Å²) in [4.78, 5) is 14.6. The van der Waals surface area contributed by atoms with Crippen molar-refractivity contribution in [3.63, 3.8) is 0 Å². The average molecular weight is 202 g/mol. The van der Waals surface area contributed by atoms with E-state index in [1.165, 1.54) is 0 Å². The number of hydrogen-bond donors (Lipinski definition) is 0. The molecule has 0 aromatic heterocycles. The Morgan fingerprint density at radius 2 is 1.57 bits per heavy atom. The number of piperazine rings is 1. The molecule has 0 aliphatic carbocycles. The highest BCUT2D eigenvalue weighted by Gasteiger charge is 2.16. The number of amides is 1. The van der Waals surface area contributed by atoms with Crippen LogP contribution < -0.4 is 0 Å². The zero-order chi connectivity index (χ0) is 11.0. The van der Waals surface area contributed by atoms with Crippen molar-refractivity contribution in [3.8, 4) is 0 Å². The molecule has 1 rings (SSSR count). The standard InChI is InChI=1S/C8H16N2O.C2H6O/c1-8(2)10-5-3-9(7-11)4-6-10;1-3-2/h7-8H,3-6H2,1-2H3;1-2H3. The second kappa shape index (κ2) is 7.76. The summed E-state index contributed by atoms with van der Waals surface area (Å²) in [7, 11) is 3.25. The number of rotatable bonds is 2. The second-order valence-corrected chi connectivity index (χ2v) is 3.68. The Morgan fingerprint density at radius 1 is 1.14 bits per heavy atom. The van der Waals surface area contributed by atoms with Crippen molar-refractivity contribution in [1.82, 2.24) is 9.80 Å². The molecule has 1 saturated heterocycles. The first-order valence-electron chi connectivity index (χ1n) is 4.99. The number of methoxy groups -OCH3 is 1. The van der Waals surface area contributed by atoms with Crippen molar-refractivity contribution in [2.45, 2.75) is 19.9 Å². The molecule has 0 radical (unpaired) electrons. The van der Waals surface area contributed by atoms with E-state index >= 15 is 0 Å². The maximum Gasteiger partial charge on any atom is 0.209 e. The van der Waals surface area contributed by atoms with Crippen LogP contribution >= 0.6 is 0 Å². The molecule has 0 aromatic rings. The van der Waals surface area contributed by atoms with Gasteiger partial charge in [0.15, 0.2) is 0 Å². The minimum Gasteiger partial charge on any atom is -0.388 e. The van der Waals surface area contributed by atoms with Gasteiger partial charge >= 0.3 is 0 Å². The van der Waals surface area contributed by atoms with Crippen molar-refractivity contribution in [2.24, 2.45) is 0 Å². The fourth-order valence-electron chi connectivity index (χ4n) is 1.36. The average Bonchev–Trinajstić information content (AvgIpc) is 2.19. The van der Waals surface area contributed by atoms with Gasteiger partial charge in [-0.2, -0.15) is 0 Å². The van der Waals surface area contributed by atoms with Crippen LogP contribution in [0.5, 0.6) is 0 Å². The Labute approximate surface area is 86.8 Å². The summed E-state index contributed by atoms with van der Waals surface area (Å²) in [6.07, 6.45) is 0.942. The van der Waals surface area contributed by atoms with Crippen LogP contribution in [-0.2, 0) is 9.53 Å². The third-order valence-electron chi connectivity index (χ3n) is 2.23. The topological polar surface area (TPSA) is 32.8 Å². The molecule has 1 amide bonds. The first-order valence-corrected chi connectivity index (χ1v) is 4.99. The third kappa shape index (κ3) is 5.19. The Balaban J connectivity index is 0.000000500. The van der Waals surface area contributed by atoms with E-state index in [2.05, 4.69) is 23.5 Å². The van der Waals surface area contributed by atoms with Crippen molar-refractivity contribution in [3.05, 3.63) is 0 Å². The quantitative estimate of drug-likeness (QED) is 0.609. The Bertz CT molecular complexity index is 143. The SMILES string of the molecule is CC(C)N1CCN(C=O)CC1.COC. The van der Waals surface area contributed by atoms with Gasteiger partial charge < -0.3 is 9.64 Å². The second-order valence-electron chi connectivity index (χ2n) is 3.68. The lowest BCUT2D eigenvalue weighted by molar-refractivity contribution is -0.119. The van der Waals surface area contributed by atoms with Crippen molar-refractivity contribution >= 4 is 6.41 Å². The summed E-state index contributed by atoms with van der Waals surface area (Å²) in [6.45, 7) is 8.21. The van der Waals surface area contributed by atoms with Crippen LogP contribution in [0, 0.1) is 0 Å². The van der Waals surface area contributed by atoms with Crippen LogP contribution in [0.1, 0.15) is 13.8 Å². The lowest BCUT2D eigenvalue weighted by Gasteiger charge is -2.34. The molecular formula is C10H22N2O2. The molecule has 0 bridgehead atoms. The van der Waals surface area contributed by atoms with Gasteiger partial charge in [-0.15, -0.1) is 0 Å². The van der Waals surface area contributed by atoms with Gasteiger partial charge in [0.25, 0.3) is 0 Å². The van der Waals surface area contributed by atoms with Gasteiger partial charge in [-0.3, -0.25) is 9.69 Å². The van der Waals surface area contributed by atoms with Crippen LogP contribution in [0.15, 0.2) is 0 Å². The predicted molar refractivity (Wildman–Crippen MR) is 57.3 cm³/mol. The lowest BCUT2D eigenvalue weighted by atomic mass is 10.2. The van der Waals surface area contributed by atoms with E-state index in [0.717, 1.165) is 32.6 Å². The molecule has 1 heterocycles. The normalized spacial score (nSPS) is 17.6. The van der Waals surface area contributed by atoms with Crippen LogP contribution in [0.4, 0.5) is 0 Å². The van der Waals surface area contributed by atoms with Crippen molar-refractivity contribution in [2.75, 3.05) is 40.4 Å². The Hall–Kier alpha value is -0.610. The van der Waals surface area contributed by atoms with E-state index in [4.69, 9.17) is 0 Å². The molecule has 0 unspecified atom stereocenters. The first kappa shape index (κ1) is 13.4. The van der Waals surface area contributed by atoms with Crippen LogP contribution in [0.3, 0.4) is 0 Å². The molecule has 4 nitrogen and oxygen atoms in total. The summed E-state index contributed by atoms with van der Waals surface area (Å²) >= 11 is 0. The number of ether oxygens (including phenoxy) is 1. The van der Waals surface area contributed by atoms with E-state index in [1.807, 2.05) is 4.90 Å². The molecule has 0 saturated carbocycles. The first-order chi connectivity index (χ1) is 6.65. The number of carbonyl (C=O) groups excluding carboxylic acids is 1. The molecule has 0 atom stereocenters. The van der Waals surface area contributed by atoms with Crippen molar-refractivity contribution in [1.29, 1.82) is 0 Å². The summed E-state index contributed by atoms with van der Waals surface area (Å²) in [6, 6.07) is 0.615. The van der Waals surface area contributed by atoms with Crippen LogP contribution in [0.25, 0.3) is 0 Å². The molecule has 0 spiro atoms. The molecule has 4 heteroatoms. The number of hydrogen-bond acceptors (Lipinski definition) is 3. The van der Waals surface area contributed by atoms with E-state index in [-0.39, 0.29) is 0 Å². The Kier molecular flexibility index (Phi) is 7.42. The Morgan fingerprint density at radius 3 is 1.86 bits per heavy atom. The molecule has 1 aliphatic rings. The van der Waals surface area contributed by atoms with Crippen LogP contribution in [0.2, 0.25) is 0 Å². The highest BCUT2D eigenvalue weighted by atomic mass is 16.4. The van der Waals surface area contributed by atoms with Gasteiger partial charge in [0.2, 0.25) is 6.41 Å². The zero-order valence-electron chi connectivity index (χ0n) is 9.69. The molecule has 0 N–H and O–H groups in total. The van der Waals surface area contributed by atoms with Gasteiger partial charge in [0.05, 0.1) is 0 Å². The summed E-state index contributed by atoms with van der Waals surface area (Å²) in [5.74, 6) is 0. The minimum atomic E-state index is 0.615. The molecular weight excluding hydrogens is 180 g/mol. The third-order valence-corrected chi connectivity index (χ3v) is 2.23. The van der Waals surface area contributed by atoms with Crippen molar-refractivity contribution < 1.29 is 9.53 Å². The fourth-order valence-corrected chi connectivity index (χ4v) is 1.36. The monoisotopic (exact) mass is 202 g/mol. The maximum atomic E-state index is 10.3. The van der Waals surface area contributed by atoms with E-state index in [0.29, 0.717) is 6.04 Å². The molecule has 1 fully saturated rings.